The van der Waals surface area contributed by atoms with Gasteiger partial charge < -0.3 is 10.2 Å². The Morgan fingerprint density at radius 1 is 1.58 bits per heavy atom. The quantitative estimate of drug-likeness (QED) is 0.839. The highest BCUT2D eigenvalue weighted by Crippen LogP contribution is 2.11. The van der Waals surface area contributed by atoms with Crippen LogP contribution < -0.4 is 5.32 Å². The zero-order valence-electron chi connectivity index (χ0n) is 11.0. The lowest BCUT2D eigenvalue weighted by molar-refractivity contribution is -0.127. The summed E-state index contributed by atoms with van der Waals surface area (Å²) < 4.78 is 12.9. The number of rotatable bonds is 3. The molecular weight excluding hydrogens is 245 g/mol. The average molecular weight is 263 g/mol. The Morgan fingerprint density at radius 3 is 3.16 bits per heavy atom. The number of likely N-dealkylation sites (N-methyl/N-ethyl adjacent to an activating group) is 1. The highest BCUT2D eigenvalue weighted by Gasteiger charge is 2.20. The molecule has 1 aliphatic rings. The molecule has 1 unspecified atom stereocenters. The fraction of sp³-hybridized carbons (Fsp3) is 0.429. The number of amides is 1. The number of hydrogen-bond donors (Lipinski definition) is 1. The van der Waals surface area contributed by atoms with Gasteiger partial charge in [-0.3, -0.25) is 9.78 Å². The molecule has 0 spiro atoms. The third-order valence-corrected chi connectivity index (χ3v) is 3.29. The Balaban J connectivity index is 1.96. The molecule has 1 aliphatic heterocycles. The molecule has 0 saturated carbocycles. The minimum absolute atomic E-state index is 0.0378. The average Bonchev–Trinajstić information content (AvgIpc) is 2.45. The maximum atomic E-state index is 12.9. The van der Waals surface area contributed by atoms with Crippen molar-refractivity contribution in [1.82, 2.24) is 15.2 Å². The largest absolute Gasteiger partial charge is 0.338 e. The van der Waals surface area contributed by atoms with Crippen molar-refractivity contribution in [3.63, 3.8) is 0 Å². The molecule has 1 aromatic rings. The Labute approximate surface area is 112 Å². The number of aromatic nitrogens is 1. The van der Waals surface area contributed by atoms with E-state index in [-0.39, 0.29) is 5.91 Å². The fourth-order valence-corrected chi connectivity index (χ4v) is 2.21. The van der Waals surface area contributed by atoms with Crippen molar-refractivity contribution in [3.8, 4) is 0 Å². The van der Waals surface area contributed by atoms with Crippen LogP contribution in [0.2, 0.25) is 0 Å². The normalized spacial score (nSPS) is 19.9. The molecule has 19 heavy (non-hydrogen) atoms. The first-order valence-electron chi connectivity index (χ1n) is 6.44. The number of hydrogen-bond acceptors (Lipinski definition) is 3. The standard InChI is InChI=1S/C14H18FN3O/c1-16-13-3-2-6-18(10-13)14(19)5-4-11-7-12(15)9-17-8-11/h4-5,7-9,13,16H,2-3,6,10H2,1H3. The van der Waals surface area contributed by atoms with E-state index in [0.29, 0.717) is 11.6 Å². The van der Waals surface area contributed by atoms with E-state index in [1.54, 1.807) is 6.08 Å². The second-order valence-corrected chi connectivity index (χ2v) is 4.68. The lowest BCUT2D eigenvalue weighted by Crippen LogP contribution is -2.46. The summed E-state index contributed by atoms with van der Waals surface area (Å²) in [5.74, 6) is -0.438. The van der Waals surface area contributed by atoms with Crippen LogP contribution in [-0.2, 0) is 4.79 Å². The lowest BCUT2D eigenvalue weighted by Gasteiger charge is -2.31. The molecule has 1 aromatic heterocycles. The first kappa shape index (κ1) is 13.7. The van der Waals surface area contributed by atoms with Gasteiger partial charge in [0.25, 0.3) is 0 Å². The molecule has 1 saturated heterocycles. The summed E-state index contributed by atoms with van der Waals surface area (Å²) in [6.07, 6.45) is 7.85. The van der Waals surface area contributed by atoms with E-state index in [0.717, 1.165) is 32.1 Å². The Bertz CT molecular complexity index is 476. The van der Waals surface area contributed by atoms with Crippen LogP contribution in [0.25, 0.3) is 6.08 Å². The Hall–Kier alpha value is -1.75. The summed E-state index contributed by atoms with van der Waals surface area (Å²) in [5, 5.41) is 3.19. The van der Waals surface area contributed by atoms with Crippen molar-refractivity contribution in [2.45, 2.75) is 18.9 Å². The molecular formula is C14H18FN3O. The van der Waals surface area contributed by atoms with Gasteiger partial charge in [0.2, 0.25) is 5.91 Å². The zero-order valence-corrected chi connectivity index (χ0v) is 11.0. The van der Waals surface area contributed by atoms with Crippen molar-refractivity contribution >= 4 is 12.0 Å². The molecule has 0 bridgehead atoms. The number of pyridine rings is 1. The van der Waals surface area contributed by atoms with Gasteiger partial charge in [-0.05, 0) is 37.6 Å². The van der Waals surface area contributed by atoms with Crippen LogP contribution in [0.1, 0.15) is 18.4 Å². The molecule has 2 rings (SSSR count). The SMILES string of the molecule is CNC1CCCN(C(=O)C=Cc2cncc(F)c2)C1. The molecule has 1 fully saturated rings. The van der Waals surface area contributed by atoms with E-state index in [9.17, 15) is 9.18 Å². The van der Waals surface area contributed by atoms with Gasteiger partial charge in [-0.1, -0.05) is 0 Å². The van der Waals surface area contributed by atoms with Crippen molar-refractivity contribution in [2.75, 3.05) is 20.1 Å². The Kier molecular flexibility index (Phi) is 4.63. The molecule has 1 N–H and O–H groups in total. The predicted octanol–water partition coefficient (Wildman–Crippen LogP) is 1.44. The highest BCUT2D eigenvalue weighted by atomic mass is 19.1. The van der Waals surface area contributed by atoms with Gasteiger partial charge in [0, 0.05) is 31.4 Å². The van der Waals surface area contributed by atoms with Crippen LogP contribution in [0.15, 0.2) is 24.5 Å². The van der Waals surface area contributed by atoms with Crippen LogP contribution in [-0.4, -0.2) is 42.0 Å². The van der Waals surface area contributed by atoms with Gasteiger partial charge in [0.1, 0.15) is 5.82 Å². The van der Waals surface area contributed by atoms with E-state index in [1.807, 2.05) is 11.9 Å². The third-order valence-electron chi connectivity index (χ3n) is 3.29. The van der Waals surface area contributed by atoms with Gasteiger partial charge in [-0.2, -0.15) is 0 Å². The molecule has 0 aliphatic carbocycles. The van der Waals surface area contributed by atoms with Gasteiger partial charge in [-0.25, -0.2) is 4.39 Å². The number of carbonyl (C=O) groups excluding carboxylic acids is 1. The molecule has 0 aromatic carbocycles. The van der Waals surface area contributed by atoms with Crippen LogP contribution in [0.4, 0.5) is 4.39 Å². The molecule has 0 radical (unpaired) electrons. The molecule has 5 heteroatoms. The molecule has 102 valence electrons. The fourth-order valence-electron chi connectivity index (χ4n) is 2.21. The van der Waals surface area contributed by atoms with E-state index in [1.165, 1.54) is 18.3 Å². The smallest absolute Gasteiger partial charge is 0.246 e. The maximum absolute atomic E-state index is 12.9. The molecule has 2 heterocycles. The molecule has 4 nitrogen and oxygen atoms in total. The highest BCUT2D eigenvalue weighted by molar-refractivity contribution is 5.91. The lowest BCUT2D eigenvalue weighted by atomic mass is 10.1. The summed E-state index contributed by atoms with van der Waals surface area (Å²) in [7, 11) is 1.91. The van der Waals surface area contributed by atoms with Crippen molar-refractivity contribution in [1.29, 1.82) is 0 Å². The van der Waals surface area contributed by atoms with E-state index < -0.39 is 5.82 Å². The number of carbonyl (C=O) groups is 1. The topological polar surface area (TPSA) is 45.2 Å². The second-order valence-electron chi connectivity index (χ2n) is 4.68. The summed E-state index contributed by atoms with van der Waals surface area (Å²) in [4.78, 5) is 17.6. The van der Waals surface area contributed by atoms with Crippen LogP contribution in [0.5, 0.6) is 0 Å². The molecule has 1 atom stereocenters. The van der Waals surface area contributed by atoms with Crippen molar-refractivity contribution in [2.24, 2.45) is 0 Å². The number of likely N-dealkylation sites (tertiary alicyclic amines) is 1. The third kappa shape index (κ3) is 3.86. The predicted molar refractivity (Wildman–Crippen MR) is 71.9 cm³/mol. The summed E-state index contributed by atoms with van der Waals surface area (Å²) in [6.45, 7) is 1.50. The monoisotopic (exact) mass is 263 g/mol. The zero-order chi connectivity index (χ0) is 13.7. The molecule has 1 amide bonds. The van der Waals surface area contributed by atoms with Gasteiger partial charge in [0.15, 0.2) is 0 Å². The van der Waals surface area contributed by atoms with Gasteiger partial charge in [0.05, 0.1) is 6.20 Å². The van der Waals surface area contributed by atoms with Gasteiger partial charge in [-0.15, -0.1) is 0 Å². The second kappa shape index (κ2) is 6.43. The van der Waals surface area contributed by atoms with Crippen molar-refractivity contribution < 1.29 is 9.18 Å². The van der Waals surface area contributed by atoms with E-state index >= 15 is 0 Å². The first-order chi connectivity index (χ1) is 9.19. The summed E-state index contributed by atoms with van der Waals surface area (Å²) >= 11 is 0. The number of nitrogens with one attached hydrogen (secondary N) is 1. The van der Waals surface area contributed by atoms with E-state index in [4.69, 9.17) is 0 Å². The van der Waals surface area contributed by atoms with Crippen LogP contribution in [0.3, 0.4) is 0 Å². The van der Waals surface area contributed by atoms with Crippen LogP contribution in [0, 0.1) is 5.82 Å². The first-order valence-corrected chi connectivity index (χ1v) is 6.44. The van der Waals surface area contributed by atoms with Crippen molar-refractivity contribution in [3.05, 3.63) is 35.9 Å². The number of piperidine rings is 1. The number of halogens is 1. The number of nitrogens with zero attached hydrogens (tertiary/aromatic N) is 2. The summed E-state index contributed by atoms with van der Waals surface area (Å²) in [5.41, 5.74) is 0.593. The Morgan fingerprint density at radius 2 is 2.42 bits per heavy atom. The summed E-state index contributed by atoms with van der Waals surface area (Å²) in [6, 6.07) is 1.71. The minimum Gasteiger partial charge on any atom is -0.338 e. The minimum atomic E-state index is -0.400. The van der Waals surface area contributed by atoms with Crippen LogP contribution >= 0.6 is 0 Å². The maximum Gasteiger partial charge on any atom is 0.246 e. The van der Waals surface area contributed by atoms with E-state index in [2.05, 4.69) is 10.3 Å². The van der Waals surface area contributed by atoms with Gasteiger partial charge >= 0.3 is 0 Å².